The van der Waals surface area contributed by atoms with Crippen molar-refractivity contribution in [3.05, 3.63) is 70.3 Å². The number of aliphatic hydroxyl groups excluding tert-OH is 1. The fourth-order valence-electron chi connectivity index (χ4n) is 2.29. The smallest absolute Gasteiger partial charge is 0.0434 e. The van der Waals surface area contributed by atoms with Crippen molar-refractivity contribution in [2.75, 3.05) is 6.61 Å². The van der Waals surface area contributed by atoms with Crippen molar-refractivity contribution < 1.29 is 5.11 Å². The maximum atomic E-state index is 8.83. The van der Waals surface area contributed by atoms with Crippen molar-refractivity contribution in [3.63, 3.8) is 0 Å². The van der Waals surface area contributed by atoms with E-state index in [1.54, 1.807) is 0 Å². The maximum absolute atomic E-state index is 8.83. The van der Waals surface area contributed by atoms with Gasteiger partial charge in [0, 0.05) is 6.61 Å². The second-order valence-electron chi connectivity index (χ2n) is 5.16. The summed E-state index contributed by atoms with van der Waals surface area (Å²) in [7, 11) is 0. The lowest BCUT2D eigenvalue weighted by Crippen LogP contribution is -1.94. The Labute approximate surface area is 115 Å². The molecule has 0 bridgehead atoms. The normalized spacial score (nSPS) is 10.7. The van der Waals surface area contributed by atoms with E-state index in [1.165, 1.54) is 27.8 Å². The third-order valence-electron chi connectivity index (χ3n) is 3.42. The number of aliphatic hydroxyl groups is 1. The van der Waals surface area contributed by atoms with Gasteiger partial charge in [-0.15, -0.1) is 0 Å². The minimum Gasteiger partial charge on any atom is -0.396 e. The van der Waals surface area contributed by atoms with E-state index in [-0.39, 0.29) is 6.61 Å². The summed E-state index contributed by atoms with van der Waals surface area (Å²) in [5.41, 5.74) is 6.46. The molecule has 0 aromatic heterocycles. The molecule has 99 valence electrons. The Kier molecular flexibility index (Phi) is 4.75. The van der Waals surface area contributed by atoms with E-state index in [1.807, 2.05) is 0 Å². The molecule has 1 nitrogen and oxygen atoms in total. The molecule has 2 aromatic carbocycles. The average molecular weight is 253 g/mol. The van der Waals surface area contributed by atoms with Crippen LogP contribution in [0.3, 0.4) is 0 Å². The SMILES string of the molecule is Cc1c[c]c(Cc2ccc(CCCO)cc2)c(C)c1. The van der Waals surface area contributed by atoms with Gasteiger partial charge < -0.3 is 5.11 Å². The Morgan fingerprint density at radius 1 is 1.05 bits per heavy atom. The lowest BCUT2D eigenvalue weighted by molar-refractivity contribution is 0.288. The fourth-order valence-corrected chi connectivity index (χ4v) is 2.29. The second-order valence-corrected chi connectivity index (χ2v) is 5.16. The molecule has 0 fully saturated rings. The van der Waals surface area contributed by atoms with Crippen LogP contribution in [-0.2, 0) is 12.8 Å². The van der Waals surface area contributed by atoms with E-state index in [9.17, 15) is 0 Å². The van der Waals surface area contributed by atoms with E-state index >= 15 is 0 Å². The van der Waals surface area contributed by atoms with Gasteiger partial charge in [-0.1, -0.05) is 42.0 Å². The van der Waals surface area contributed by atoms with E-state index < -0.39 is 0 Å². The average Bonchev–Trinajstić information content (AvgIpc) is 2.41. The topological polar surface area (TPSA) is 20.2 Å². The lowest BCUT2D eigenvalue weighted by Gasteiger charge is -2.07. The number of rotatable bonds is 5. The molecule has 19 heavy (non-hydrogen) atoms. The number of hydrogen-bond donors (Lipinski definition) is 1. The predicted molar refractivity (Wildman–Crippen MR) is 79.4 cm³/mol. The molecule has 0 amide bonds. The van der Waals surface area contributed by atoms with E-state index in [2.05, 4.69) is 56.3 Å². The molecule has 0 unspecified atom stereocenters. The fraction of sp³-hybridized carbons (Fsp3) is 0.333. The molecule has 1 heteroatoms. The number of benzene rings is 2. The summed E-state index contributed by atoms with van der Waals surface area (Å²) >= 11 is 0. The Hall–Kier alpha value is -1.60. The third-order valence-corrected chi connectivity index (χ3v) is 3.42. The van der Waals surface area contributed by atoms with Gasteiger partial charge in [-0.2, -0.15) is 0 Å². The van der Waals surface area contributed by atoms with Crippen LogP contribution in [0.25, 0.3) is 0 Å². The Bertz CT molecular complexity index is 526. The highest BCUT2D eigenvalue weighted by atomic mass is 16.2. The monoisotopic (exact) mass is 253 g/mol. The van der Waals surface area contributed by atoms with Crippen LogP contribution in [0, 0.1) is 19.9 Å². The van der Waals surface area contributed by atoms with Crippen molar-refractivity contribution >= 4 is 0 Å². The molecule has 0 spiro atoms. The maximum Gasteiger partial charge on any atom is 0.0434 e. The molecule has 1 N–H and O–H groups in total. The first-order valence-corrected chi connectivity index (χ1v) is 6.85. The molecule has 2 aromatic rings. The summed E-state index contributed by atoms with van der Waals surface area (Å²) in [5.74, 6) is 0. The van der Waals surface area contributed by atoms with Gasteiger partial charge in [-0.3, -0.25) is 0 Å². The van der Waals surface area contributed by atoms with Gasteiger partial charge in [0.2, 0.25) is 0 Å². The number of hydrogen-bond acceptors (Lipinski definition) is 1. The second kappa shape index (κ2) is 6.53. The van der Waals surface area contributed by atoms with Crippen LogP contribution >= 0.6 is 0 Å². The molecule has 0 saturated carbocycles. The van der Waals surface area contributed by atoms with Gasteiger partial charge in [-0.25, -0.2) is 0 Å². The molecule has 1 radical (unpaired) electrons. The van der Waals surface area contributed by atoms with Gasteiger partial charge in [0.1, 0.15) is 0 Å². The molecule has 0 aliphatic rings. The largest absolute Gasteiger partial charge is 0.396 e. The molecule has 0 heterocycles. The quantitative estimate of drug-likeness (QED) is 0.863. The Balaban J connectivity index is 2.06. The minimum atomic E-state index is 0.263. The first-order valence-electron chi connectivity index (χ1n) is 6.85. The first-order chi connectivity index (χ1) is 9.19. The zero-order valence-corrected chi connectivity index (χ0v) is 11.7. The summed E-state index contributed by atoms with van der Waals surface area (Å²) in [5, 5.41) is 8.83. The molecular formula is C18H21O. The molecule has 0 aliphatic carbocycles. The molecule has 0 saturated heterocycles. The van der Waals surface area contributed by atoms with Crippen molar-refractivity contribution in [1.29, 1.82) is 0 Å². The summed E-state index contributed by atoms with van der Waals surface area (Å²) in [6.45, 7) is 4.51. The molecule has 2 rings (SSSR count). The Morgan fingerprint density at radius 2 is 1.74 bits per heavy atom. The highest BCUT2D eigenvalue weighted by Gasteiger charge is 2.01. The van der Waals surface area contributed by atoms with Crippen LogP contribution in [0.4, 0.5) is 0 Å². The number of aryl methyl sites for hydroxylation is 3. The zero-order valence-electron chi connectivity index (χ0n) is 11.7. The van der Waals surface area contributed by atoms with Gasteiger partial charge in [-0.05, 0) is 61.4 Å². The van der Waals surface area contributed by atoms with Crippen LogP contribution in [0.5, 0.6) is 0 Å². The molecule has 0 atom stereocenters. The van der Waals surface area contributed by atoms with E-state index in [4.69, 9.17) is 5.11 Å². The van der Waals surface area contributed by atoms with Crippen LogP contribution < -0.4 is 0 Å². The zero-order chi connectivity index (χ0) is 13.7. The summed E-state index contributed by atoms with van der Waals surface area (Å²) in [4.78, 5) is 0. The van der Waals surface area contributed by atoms with Gasteiger partial charge in [0.05, 0.1) is 0 Å². The van der Waals surface area contributed by atoms with Crippen LogP contribution in [0.15, 0.2) is 36.4 Å². The highest BCUT2D eigenvalue weighted by molar-refractivity contribution is 5.34. The molecule has 0 aliphatic heterocycles. The predicted octanol–water partition coefficient (Wildman–Crippen LogP) is 3.62. The summed E-state index contributed by atoms with van der Waals surface area (Å²) < 4.78 is 0. The van der Waals surface area contributed by atoms with Crippen LogP contribution in [0.1, 0.15) is 34.2 Å². The summed E-state index contributed by atoms with van der Waals surface area (Å²) in [6, 6.07) is 16.3. The van der Waals surface area contributed by atoms with Crippen molar-refractivity contribution in [2.24, 2.45) is 0 Å². The molecular weight excluding hydrogens is 232 g/mol. The van der Waals surface area contributed by atoms with Crippen LogP contribution in [-0.4, -0.2) is 11.7 Å². The van der Waals surface area contributed by atoms with E-state index in [0.29, 0.717) is 0 Å². The van der Waals surface area contributed by atoms with Crippen LogP contribution in [0.2, 0.25) is 0 Å². The van der Waals surface area contributed by atoms with Crippen molar-refractivity contribution in [2.45, 2.75) is 33.1 Å². The van der Waals surface area contributed by atoms with Gasteiger partial charge >= 0.3 is 0 Å². The highest BCUT2D eigenvalue weighted by Crippen LogP contribution is 2.16. The van der Waals surface area contributed by atoms with E-state index in [0.717, 1.165) is 19.3 Å². The lowest BCUT2D eigenvalue weighted by atomic mass is 9.98. The first kappa shape index (κ1) is 13.8. The van der Waals surface area contributed by atoms with Gasteiger partial charge in [0.15, 0.2) is 0 Å². The van der Waals surface area contributed by atoms with Crippen molar-refractivity contribution in [3.8, 4) is 0 Å². The Morgan fingerprint density at radius 3 is 2.37 bits per heavy atom. The van der Waals surface area contributed by atoms with Crippen molar-refractivity contribution in [1.82, 2.24) is 0 Å². The third kappa shape index (κ3) is 3.93. The standard InChI is InChI=1S/C18H21O/c1-14-5-10-18(15(2)12-14)13-17-8-6-16(7-9-17)4-3-11-19/h5-9,12,19H,3-4,11,13H2,1-2H3. The van der Waals surface area contributed by atoms with Gasteiger partial charge in [0.25, 0.3) is 0 Å². The summed E-state index contributed by atoms with van der Waals surface area (Å²) in [6.07, 6.45) is 2.73. The minimum absolute atomic E-state index is 0.263.